The molecule has 334 valence electrons. The van der Waals surface area contributed by atoms with Crippen molar-refractivity contribution in [2.75, 3.05) is 0 Å². The van der Waals surface area contributed by atoms with Crippen LogP contribution in [0, 0.1) is 0 Å². The highest BCUT2D eigenvalue weighted by Gasteiger charge is 2.48. The fourth-order valence-electron chi connectivity index (χ4n) is 11.1. The Morgan fingerprint density at radius 1 is 0.449 bits per heavy atom. The third kappa shape index (κ3) is 7.10. The van der Waals surface area contributed by atoms with Crippen LogP contribution in [0.4, 0.5) is 0 Å². The first-order valence-electron chi connectivity index (χ1n) is 24.2. The second-order valence-electron chi connectivity index (χ2n) is 18.5. The van der Waals surface area contributed by atoms with Crippen molar-refractivity contribution in [3.63, 3.8) is 0 Å². The summed E-state index contributed by atoms with van der Waals surface area (Å²) in [6, 6.07) is 76.0. The van der Waals surface area contributed by atoms with Crippen LogP contribution >= 0.6 is 0 Å². The van der Waals surface area contributed by atoms with Crippen LogP contribution in [0.3, 0.4) is 0 Å². The molecular formula is C67H54O2. The minimum Gasteiger partial charge on any atom is -0.449 e. The molecule has 3 aliphatic rings. The highest BCUT2D eigenvalue weighted by molar-refractivity contribution is 5.95. The van der Waals surface area contributed by atoms with Gasteiger partial charge < -0.3 is 9.47 Å². The Morgan fingerprint density at radius 3 is 1.74 bits per heavy atom. The monoisotopic (exact) mass is 890 g/mol. The summed E-state index contributed by atoms with van der Waals surface area (Å²) in [4.78, 5) is 0. The van der Waals surface area contributed by atoms with Gasteiger partial charge in [-0.2, -0.15) is 0 Å². The highest BCUT2D eigenvalue weighted by Crippen LogP contribution is 2.62. The van der Waals surface area contributed by atoms with Gasteiger partial charge >= 0.3 is 0 Å². The molecule has 0 amide bonds. The first-order chi connectivity index (χ1) is 33.8. The smallest absolute Gasteiger partial charge is 0.178 e. The summed E-state index contributed by atoms with van der Waals surface area (Å²) < 4.78 is 13.9. The summed E-state index contributed by atoms with van der Waals surface area (Å²) in [5.74, 6) is 2.82. The van der Waals surface area contributed by atoms with Gasteiger partial charge in [-0.3, -0.25) is 0 Å². The molecule has 12 rings (SSSR count). The number of ether oxygens (including phenoxy) is 2. The largest absolute Gasteiger partial charge is 0.449 e. The molecule has 0 spiro atoms. The fraction of sp³-hybridized carbons (Fsp3) is 0.104. The minimum absolute atomic E-state index is 0.121. The third-order valence-corrected chi connectivity index (χ3v) is 14.3. The van der Waals surface area contributed by atoms with Gasteiger partial charge in [0, 0.05) is 11.0 Å². The van der Waals surface area contributed by atoms with Crippen molar-refractivity contribution in [2.24, 2.45) is 0 Å². The zero-order valence-corrected chi connectivity index (χ0v) is 39.9. The van der Waals surface area contributed by atoms with Crippen LogP contribution in [-0.2, 0) is 10.8 Å². The standard InChI is InChI=1S/C65H48O2.C2H6/c1-42(44-20-8-5-9-21-44)38-47(45-32-34-53-52-28-16-18-30-55(52)64(3,4)58(53)40-45)39-43(2)50-26-14-15-27-51(50)46-33-36-59-61(41-46)67-63-60(66-59)37-35-57-62(63)54-29-17-19-31-56(54)65(57,48-22-10-6-11-23-48)49-24-12-7-13-25-49;1-2/h5-41H,1H2,2-4H3;1-2H3/b43-39+,47-38+;. The van der Waals surface area contributed by atoms with Crippen LogP contribution in [0.15, 0.2) is 231 Å². The van der Waals surface area contributed by atoms with E-state index >= 15 is 0 Å². The number of allylic oxidation sites excluding steroid dienone is 5. The van der Waals surface area contributed by atoms with E-state index in [-0.39, 0.29) is 5.41 Å². The lowest BCUT2D eigenvalue weighted by molar-refractivity contribution is 0.360. The van der Waals surface area contributed by atoms with Crippen LogP contribution in [0.25, 0.3) is 50.1 Å². The van der Waals surface area contributed by atoms with Crippen molar-refractivity contribution >= 4 is 16.7 Å². The molecule has 2 heteroatoms. The summed E-state index contributed by atoms with van der Waals surface area (Å²) in [5.41, 5.74) is 20.4. The van der Waals surface area contributed by atoms with Gasteiger partial charge in [0.1, 0.15) is 0 Å². The van der Waals surface area contributed by atoms with Gasteiger partial charge in [0.25, 0.3) is 0 Å². The molecule has 0 unspecified atom stereocenters. The van der Waals surface area contributed by atoms with E-state index < -0.39 is 5.41 Å². The van der Waals surface area contributed by atoms with Crippen LogP contribution in [-0.4, -0.2) is 0 Å². The lowest BCUT2D eigenvalue weighted by Crippen LogP contribution is -2.28. The van der Waals surface area contributed by atoms with E-state index in [4.69, 9.17) is 9.47 Å². The number of rotatable bonds is 8. The molecular weight excluding hydrogens is 837 g/mol. The molecule has 0 fully saturated rings. The van der Waals surface area contributed by atoms with Crippen molar-refractivity contribution in [1.82, 2.24) is 0 Å². The maximum atomic E-state index is 7.13. The summed E-state index contributed by atoms with van der Waals surface area (Å²) in [5, 5.41) is 0. The lowest BCUT2D eigenvalue weighted by atomic mass is 9.68. The summed E-state index contributed by atoms with van der Waals surface area (Å²) in [7, 11) is 0. The Bertz CT molecular complexity index is 3460. The second-order valence-corrected chi connectivity index (χ2v) is 18.5. The Balaban J connectivity index is 0.00000257. The van der Waals surface area contributed by atoms with Crippen LogP contribution in [0.5, 0.6) is 23.0 Å². The fourth-order valence-corrected chi connectivity index (χ4v) is 11.1. The van der Waals surface area contributed by atoms with E-state index in [9.17, 15) is 0 Å². The van der Waals surface area contributed by atoms with Gasteiger partial charge in [-0.05, 0) is 132 Å². The second kappa shape index (κ2) is 17.5. The van der Waals surface area contributed by atoms with Gasteiger partial charge in [0.15, 0.2) is 23.0 Å². The van der Waals surface area contributed by atoms with Crippen molar-refractivity contribution in [3.05, 3.63) is 281 Å². The maximum Gasteiger partial charge on any atom is 0.178 e. The molecule has 69 heavy (non-hydrogen) atoms. The Morgan fingerprint density at radius 2 is 1.03 bits per heavy atom. The number of hydrogen-bond donors (Lipinski definition) is 0. The first kappa shape index (κ1) is 43.4. The summed E-state index contributed by atoms with van der Waals surface area (Å²) >= 11 is 0. The van der Waals surface area contributed by atoms with Crippen LogP contribution < -0.4 is 9.47 Å². The molecule has 0 bridgehead atoms. The molecule has 0 aromatic heterocycles. The van der Waals surface area contributed by atoms with Gasteiger partial charge in [-0.1, -0.05) is 228 Å². The topological polar surface area (TPSA) is 18.5 Å². The molecule has 1 aliphatic heterocycles. The van der Waals surface area contributed by atoms with Crippen molar-refractivity contribution in [1.29, 1.82) is 0 Å². The molecule has 2 nitrogen and oxygen atoms in total. The molecule has 1 heterocycles. The van der Waals surface area contributed by atoms with E-state index in [1.165, 1.54) is 44.5 Å². The van der Waals surface area contributed by atoms with Crippen LogP contribution in [0.1, 0.15) is 84.7 Å². The van der Waals surface area contributed by atoms with E-state index in [2.05, 4.69) is 240 Å². The average molecular weight is 891 g/mol. The van der Waals surface area contributed by atoms with Crippen molar-refractivity contribution in [3.8, 4) is 56.4 Å². The van der Waals surface area contributed by atoms with E-state index in [0.717, 1.165) is 61.4 Å². The quantitative estimate of drug-likeness (QED) is 0.142. The Kier molecular flexibility index (Phi) is 11.0. The molecule has 0 radical (unpaired) electrons. The number of hydrogen-bond acceptors (Lipinski definition) is 2. The highest BCUT2D eigenvalue weighted by atomic mass is 16.6. The molecule has 0 N–H and O–H groups in total. The molecule has 9 aromatic carbocycles. The van der Waals surface area contributed by atoms with E-state index in [0.29, 0.717) is 17.2 Å². The zero-order chi connectivity index (χ0) is 47.3. The molecule has 0 saturated carbocycles. The maximum absolute atomic E-state index is 7.13. The predicted molar refractivity (Wildman–Crippen MR) is 288 cm³/mol. The Hall–Kier alpha value is -8.20. The molecule has 9 aromatic rings. The van der Waals surface area contributed by atoms with E-state index in [1.807, 2.05) is 26.0 Å². The lowest BCUT2D eigenvalue weighted by Gasteiger charge is -2.34. The Labute approximate surface area is 407 Å². The van der Waals surface area contributed by atoms with E-state index in [1.54, 1.807) is 0 Å². The van der Waals surface area contributed by atoms with Gasteiger partial charge in [0.2, 0.25) is 0 Å². The molecule has 2 aliphatic carbocycles. The number of fused-ring (bicyclic) bond motifs is 9. The minimum atomic E-state index is -0.542. The molecule has 0 atom stereocenters. The summed E-state index contributed by atoms with van der Waals surface area (Å²) in [6.45, 7) is 15.5. The van der Waals surface area contributed by atoms with Crippen molar-refractivity contribution < 1.29 is 9.47 Å². The van der Waals surface area contributed by atoms with Crippen molar-refractivity contribution in [2.45, 2.75) is 45.4 Å². The first-order valence-corrected chi connectivity index (χ1v) is 24.2. The molecule has 0 saturated heterocycles. The van der Waals surface area contributed by atoms with Gasteiger partial charge in [-0.15, -0.1) is 0 Å². The SMILES string of the molecule is C=C(/C=C(\C=C(/C)c1ccccc1-c1ccc2c(c1)Oc1c(ccc3c1-c1ccccc1C3(c1ccccc1)c1ccccc1)O2)c1ccc2c(c1)C(C)(C)c1ccccc1-2)c1ccccc1.CC. The zero-order valence-electron chi connectivity index (χ0n) is 39.9. The van der Waals surface area contributed by atoms with Gasteiger partial charge in [0.05, 0.1) is 5.41 Å². The van der Waals surface area contributed by atoms with Crippen LogP contribution in [0.2, 0.25) is 0 Å². The van der Waals surface area contributed by atoms with Gasteiger partial charge in [-0.25, -0.2) is 0 Å². The predicted octanol–water partition coefficient (Wildman–Crippen LogP) is 18.1. The normalized spacial score (nSPS) is 14.3. The summed E-state index contributed by atoms with van der Waals surface area (Å²) in [6.07, 6.45) is 4.56. The average Bonchev–Trinajstić information content (AvgIpc) is 3.84. The third-order valence-electron chi connectivity index (χ3n) is 14.3. The number of benzene rings is 9.